The van der Waals surface area contributed by atoms with Gasteiger partial charge in [-0.2, -0.15) is 0 Å². The number of ether oxygens (including phenoxy) is 1. The number of rotatable bonds is 6. The Labute approximate surface area is 132 Å². The minimum absolute atomic E-state index is 0.0151. The maximum absolute atomic E-state index is 13.0. The van der Waals surface area contributed by atoms with Crippen LogP contribution in [-0.2, 0) is 14.9 Å². The van der Waals surface area contributed by atoms with Crippen LogP contribution in [0.3, 0.4) is 0 Å². The molecule has 4 nitrogen and oxygen atoms in total. The van der Waals surface area contributed by atoms with E-state index in [0.29, 0.717) is 26.1 Å². The third kappa shape index (κ3) is 3.50. The summed E-state index contributed by atoms with van der Waals surface area (Å²) >= 11 is 0. The van der Waals surface area contributed by atoms with Gasteiger partial charge < -0.3 is 15.2 Å². The quantitative estimate of drug-likeness (QED) is 0.847. The molecule has 0 aromatic heterocycles. The highest BCUT2D eigenvalue weighted by Crippen LogP contribution is 2.35. The first kappa shape index (κ1) is 17.0. The molecule has 0 bridgehead atoms. The molecular formula is C18H27NO3. The van der Waals surface area contributed by atoms with Gasteiger partial charge in [-0.3, -0.25) is 4.79 Å². The fourth-order valence-electron chi connectivity index (χ4n) is 3.08. The van der Waals surface area contributed by atoms with Crippen LogP contribution in [0.25, 0.3) is 0 Å². The maximum atomic E-state index is 13.0. The molecule has 1 amide bonds. The summed E-state index contributed by atoms with van der Waals surface area (Å²) in [5.41, 5.74) is 0.497. The van der Waals surface area contributed by atoms with Crippen molar-refractivity contribution in [2.75, 3.05) is 19.8 Å². The van der Waals surface area contributed by atoms with E-state index >= 15 is 0 Å². The molecule has 1 aromatic rings. The van der Waals surface area contributed by atoms with E-state index in [-0.39, 0.29) is 24.5 Å². The number of benzene rings is 1. The monoisotopic (exact) mass is 305 g/mol. The van der Waals surface area contributed by atoms with Crippen LogP contribution < -0.4 is 5.32 Å². The zero-order valence-electron chi connectivity index (χ0n) is 13.5. The molecule has 1 aromatic carbocycles. The molecule has 0 spiro atoms. The van der Waals surface area contributed by atoms with Crippen molar-refractivity contribution in [1.82, 2.24) is 5.32 Å². The SMILES string of the molecule is CC[C@@H](C)[C@@H](CO)NC(=O)C1(c2ccccc2)CCOCC1. The van der Waals surface area contributed by atoms with E-state index in [0.717, 1.165) is 12.0 Å². The molecule has 2 atom stereocenters. The van der Waals surface area contributed by atoms with Crippen LogP contribution in [0.4, 0.5) is 0 Å². The second-order valence-corrected chi connectivity index (χ2v) is 6.21. The summed E-state index contributed by atoms with van der Waals surface area (Å²) in [6, 6.07) is 9.74. The Kier molecular flexibility index (Phi) is 5.98. The van der Waals surface area contributed by atoms with Gasteiger partial charge in [0.2, 0.25) is 5.91 Å². The summed E-state index contributed by atoms with van der Waals surface area (Å²) in [6.45, 7) is 5.29. The van der Waals surface area contributed by atoms with Crippen LogP contribution in [0.2, 0.25) is 0 Å². The van der Waals surface area contributed by atoms with Gasteiger partial charge in [0, 0.05) is 13.2 Å². The topological polar surface area (TPSA) is 58.6 Å². The maximum Gasteiger partial charge on any atom is 0.231 e. The molecule has 1 aliphatic rings. The van der Waals surface area contributed by atoms with Crippen molar-refractivity contribution in [3.63, 3.8) is 0 Å². The van der Waals surface area contributed by atoms with Gasteiger partial charge in [-0.1, -0.05) is 50.6 Å². The number of aliphatic hydroxyl groups excluding tert-OH is 1. The van der Waals surface area contributed by atoms with Crippen LogP contribution in [-0.4, -0.2) is 36.9 Å². The first-order valence-electron chi connectivity index (χ1n) is 8.19. The average molecular weight is 305 g/mol. The van der Waals surface area contributed by atoms with E-state index in [1.807, 2.05) is 30.3 Å². The van der Waals surface area contributed by atoms with E-state index in [4.69, 9.17) is 4.74 Å². The molecule has 22 heavy (non-hydrogen) atoms. The molecule has 0 saturated carbocycles. The molecule has 1 fully saturated rings. The predicted molar refractivity (Wildman–Crippen MR) is 86.6 cm³/mol. The van der Waals surface area contributed by atoms with E-state index in [2.05, 4.69) is 19.2 Å². The van der Waals surface area contributed by atoms with Crippen molar-refractivity contribution in [1.29, 1.82) is 0 Å². The van der Waals surface area contributed by atoms with Gasteiger partial charge >= 0.3 is 0 Å². The lowest BCUT2D eigenvalue weighted by Crippen LogP contribution is -2.53. The molecule has 0 unspecified atom stereocenters. The molecule has 122 valence electrons. The summed E-state index contributed by atoms with van der Waals surface area (Å²) < 4.78 is 5.47. The number of amides is 1. The Morgan fingerprint density at radius 2 is 1.95 bits per heavy atom. The number of hydrogen-bond donors (Lipinski definition) is 2. The fourth-order valence-corrected chi connectivity index (χ4v) is 3.08. The Morgan fingerprint density at radius 3 is 2.50 bits per heavy atom. The summed E-state index contributed by atoms with van der Waals surface area (Å²) in [6.07, 6.45) is 2.29. The molecular weight excluding hydrogens is 278 g/mol. The van der Waals surface area contributed by atoms with Gasteiger partial charge in [-0.05, 0) is 24.3 Å². The Hall–Kier alpha value is -1.39. The lowest BCUT2D eigenvalue weighted by Gasteiger charge is -2.38. The van der Waals surface area contributed by atoms with E-state index < -0.39 is 5.41 Å². The smallest absolute Gasteiger partial charge is 0.231 e. The van der Waals surface area contributed by atoms with Crippen molar-refractivity contribution in [3.05, 3.63) is 35.9 Å². The van der Waals surface area contributed by atoms with Crippen LogP contribution >= 0.6 is 0 Å². The number of carbonyl (C=O) groups excluding carboxylic acids is 1. The fraction of sp³-hybridized carbons (Fsp3) is 0.611. The first-order valence-corrected chi connectivity index (χ1v) is 8.19. The normalized spacial score (nSPS) is 20.1. The Bertz CT molecular complexity index is 468. The summed E-state index contributed by atoms with van der Waals surface area (Å²) in [5, 5.41) is 12.7. The third-order valence-corrected chi connectivity index (χ3v) is 4.95. The van der Waals surface area contributed by atoms with Crippen molar-refractivity contribution >= 4 is 5.91 Å². The summed E-state index contributed by atoms with van der Waals surface area (Å²) in [5.74, 6) is 0.267. The number of nitrogens with one attached hydrogen (secondary N) is 1. The third-order valence-electron chi connectivity index (χ3n) is 4.95. The lowest BCUT2D eigenvalue weighted by molar-refractivity contribution is -0.132. The van der Waals surface area contributed by atoms with Crippen LogP contribution in [0.1, 0.15) is 38.7 Å². The zero-order valence-corrected chi connectivity index (χ0v) is 13.5. The molecule has 2 N–H and O–H groups in total. The van der Waals surface area contributed by atoms with Crippen LogP contribution in [0.5, 0.6) is 0 Å². The van der Waals surface area contributed by atoms with Gasteiger partial charge in [-0.25, -0.2) is 0 Å². The predicted octanol–water partition coefficient (Wildman–Crippen LogP) is 2.26. The second kappa shape index (κ2) is 7.75. The van der Waals surface area contributed by atoms with Gasteiger partial charge in [0.1, 0.15) is 0 Å². The van der Waals surface area contributed by atoms with Crippen molar-refractivity contribution < 1.29 is 14.6 Å². The Morgan fingerprint density at radius 1 is 1.32 bits per heavy atom. The molecule has 0 aliphatic carbocycles. The van der Waals surface area contributed by atoms with Crippen LogP contribution in [0, 0.1) is 5.92 Å². The minimum Gasteiger partial charge on any atom is -0.394 e. The van der Waals surface area contributed by atoms with Crippen molar-refractivity contribution in [3.8, 4) is 0 Å². The van der Waals surface area contributed by atoms with Gasteiger partial charge in [0.05, 0.1) is 18.1 Å². The van der Waals surface area contributed by atoms with E-state index in [9.17, 15) is 9.90 Å². The molecule has 1 aliphatic heterocycles. The number of aliphatic hydroxyl groups is 1. The largest absolute Gasteiger partial charge is 0.394 e. The Balaban J connectivity index is 2.24. The molecule has 1 heterocycles. The zero-order chi connectivity index (χ0) is 16.0. The summed E-state index contributed by atoms with van der Waals surface area (Å²) in [7, 11) is 0. The average Bonchev–Trinajstić information content (AvgIpc) is 2.60. The number of hydrogen-bond acceptors (Lipinski definition) is 3. The lowest BCUT2D eigenvalue weighted by atomic mass is 9.73. The van der Waals surface area contributed by atoms with Crippen molar-refractivity contribution in [2.24, 2.45) is 5.92 Å². The molecule has 4 heteroatoms. The highest BCUT2D eigenvalue weighted by Gasteiger charge is 2.42. The molecule has 1 saturated heterocycles. The van der Waals surface area contributed by atoms with E-state index in [1.165, 1.54) is 0 Å². The minimum atomic E-state index is -0.541. The first-order chi connectivity index (χ1) is 10.6. The van der Waals surface area contributed by atoms with Crippen molar-refractivity contribution in [2.45, 2.75) is 44.6 Å². The van der Waals surface area contributed by atoms with Gasteiger partial charge in [0.15, 0.2) is 0 Å². The number of carbonyl (C=O) groups is 1. The second-order valence-electron chi connectivity index (χ2n) is 6.21. The van der Waals surface area contributed by atoms with Gasteiger partial charge in [-0.15, -0.1) is 0 Å². The van der Waals surface area contributed by atoms with Crippen LogP contribution in [0.15, 0.2) is 30.3 Å². The standard InChI is InChI=1S/C18H27NO3/c1-3-14(2)16(13-20)19-17(21)18(9-11-22-12-10-18)15-7-5-4-6-8-15/h4-8,14,16,20H,3,9-13H2,1-2H3,(H,19,21)/t14-,16-/m1/s1. The highest BCUT2D eigenvalue weighted by atomic mass is 16.5. The molecule has 2 rings (SSSR count). The highest BCUT2D eigenvalue weighted by molar-refractivity contribution is 5.88. The summed E-state index contributed by atoms with van der Waals surface area (Å²) in [4.78, 5) is 13.0. The molecule has 0 radical (unpaired) electrons. The van der Waals surface area contributed by atoms with E-state index in [1.54, 1.807) is 0 Å². The van der Waals surface area contributed by atoms with Gasteiger partial charge in [0.25, 0.3) is 0 Å².